The molecule has 0 fully saturated rings. The first-order valence-electron chi connectivity index (χ1n) is 9.21. The maximum atomic E-state index is 14.0. The fraction of sp³-hybridized carbons (Fsp3) is 0.286. The van der Waals surface area contributed by atoms with E-state index in [1.54, 1.807) is 12.1 Å². The first-order chi connectivity index (χ1) is 14.0. The second-order valence-electron chi connectivity index (χ2n) is 7.63. The predicted molar refractivity (Wildman–Crippen MR) is 103 cm³/mol. The van der Waals surface area contributed by atoms with E-state index in [4.69, 9.17) is 0 Å². The van der Waals surface area contributed by atoms with Crippen LogP contribution in [0.4, 0.5) is 23.2 Å². The molecular formula is C21H18F4N2O3. The molecule has 0 aliphatic heterocycles. The summed E-state index contributed by atoms with van der Waals surface area (Å²) in [6, 6.07) is 7.55. The highest BCUT2D eigenvalue weighted by Crippen LogP contribution is 2.53. The summed E-state index contributed by atoms with van der Waals surface area (Å²) in [4.78, 5) is 14.2. The monoisotopic (exact) mass is 422 g/mol. The van der Waals surface area contributed by atoms with Crippen LogP contribution in [-0.2, 0) is 0 Å². The van der Waals surface area contributed by atoms with E-state index >= 15 is 0 Å². The number of halogens is 4. The minimum atomic E-state index is -5.00. The first kappa shape index (κ1) is 20.2. The third-order valence-electron chi connectivity index (χ3n) is 5.65. The number of pyridine rings is 1. The van der Waals surface area contributed by atoms with Gasteiger partial charge in [0.1, 0.15) is 0 Å². The van der Waals surface area contributed by atoms with Crippen LogP contribution in [0, 0.1) is 5.82 Å². The predicted octanol–water partition coefficient (Wildman–Crippen LogP) is 4.33. The van der Waals surface area contributed by atoms with Gasteiger partial charge in [-0.15, -0.1) is 0 Å². The van der Waals surface area contributed by atoms with E-state index in [0.717, 1.165) is 12.1 Å². The van der Waals surface area contributed by atoms with E-state index in [2.05, 4.69) is 10.3 Å². The molecule has 2 aromatic carbocycles. The van der Waals surface area contributed by atoms with Crippen LogP contribution in [0.1, 0.15) is 36.4 Å². The lowest BCUT2D eigenvalue weighted by molar-refractivity contribution is -0.272. The van der Waals surface area contributed by atoms with Gasteiger partial charge in [-0.2, -0.15) is 13.2 Å². The van der Waals surface area contributed by atoms with Gasteiger partial charge in [-0.3, -0.25) is 4.79 Å². The maximum Gasteiger partial charge on any atom is 0.419 e. The van der Waals surface area contributed by atoms with Crippen molar-refractivity contribution in [3.63, 3.8) is 0 Å². The highest BCUT2D eigenvalue weighted by molar-refractivity contribution is 5.91. The number of alkyl halides is 3. The highest BCUT2D eigenvalue weighted by atomic mass is 19.4. The molecule has 0 unspecified atom stereocenters. The number of nitrogens with one attached hydrogen (secondary N) is 2. The van der Waals surface area contributed by atoms with Gasteiger partial charge < -0.3 is 20.5 Å². The molecular weight excluding hydrogens is 404 g/mol. The lowest BCUT2D eigenvalue weighted by Crippen LogP contribution is -2.55. The average Bonchev–Trinajstić information content (AvgIpc) is 2.65. The van der Waals surface area contributed by atoms with Crippen molar-refractivity contribution in [2.45, 2.75) is 37.1 Å². The van der Waals surface area contributed by atoms with Gasteiger partial charge in [0, 0.05) is 17.1 Å². The summed E-state index contributed by atoms with van der Waals surface area (Å²) in [7, 11) is 0. The zero-order chi connectivity index (χ0) is 21.8. The van der Waals surface area contributed by atoms with Crippen LogP contribution in [0.15, 0.2) is 47.3 Å². The molecule has 1 aliphatic carbocycles. The molecule has 9 heteroatoms. The maximum absolute atomic E-state index is 14.0. The minimum absolute atomic E-state index is 0.0473. The van der Waals surface area contributed by atoms with E-state index in [1.807, 2.05) is 0 Å². The molecule has 1 heterocycles. The molecule has 30 heavy (non-hydrogen) atoms. The Kier molecular flexibility index (Phi) is 4.54. The van der Waals surface area contributed by atoms with Crippen molar-refractivity contribution in [2.24, 2.45) is 0 Å². The zero-order valence-electron chi connectivity index (χ0n) is 15.7. The van der Waals surface area contributed by atoms with Crippen LogP contribution in [0.2, 0.25) is 0 Å². The number of phenolic OH excluding ortho intramolecular Hbond substituents is 1. The van der Waals surface area contributed by atoms with Crippen molar-refractivity contribution in [3.05, 3.63) is 69.8 Å². The number of aromatic hydroxyl groups is 1. The third kappa shape index (κ3) is 3.09. The molecule has 1 aromatic heterocycles. The Labute approximate surface area is 168 Å². The van der Waals surface area contributed by atoms with Gasteiger partial charge in [0.15, 0.2) is 17.2 Å². The Morgan fingerprint density at radius 2 is 1.90 bits per heavy atom. The van der Waals surface area contributed by atoms with Gasteiger partial charge >= 0.3 is 6.18 Å². The standard InChI is InChI=1S/C21H18F4N2O3/c1-10-9-20(30,21(23,24)25)19(13-8-17(28)14(22)7-12(10)13)27-16-4-2-3-15-11(16)5-6-18(29)26-15/h2-8,10,19,27-28,30H,9H2,1H3,(H,26,29)/t10-,19-,20-/m0/s1. The fourth-order valence-corrected chi connectivity index (χ4v) is 4.17. The first-order valence-corrected chi connectivity index (χ1v) is 9.21. The molecule has 0 saturated heterocycles. The average molecular weight is 422 g/mol. The summed E-state index contributed by atoms with van der Waals surface area (Å²) in [5.41, 5.74) is -2.69. The number of fused-ring (bicyclic) bond motifs is 2. The number of hydrogen-bond donors (Lipinski definition) is 4. The summed E-state index contributed by atoms with van der Waals surface area (Å²) in [5.74, 6) is -2.55. The van der Waals surface area contributed by atoms with Gasteiger partial charge in [-0.1, -0.05) is 13.0 Å². The minimum Gasteiger partial charge on any atom is -0.505 e. The molecule has 158 valence electrons. The third-order valence-corrected chi connectivity index (χ3v) is 5.65. The molecule has 4 rings (SSSR count). The van der Waals surface area contributed by atoms with Crippen LogP contribution >= 0.6 is 0 Å². The SMILES string of the molecule is C[C@H]1C[C@@](O)(C(F)(F)F)[C@@H](Nc2cccc3[nH]c(=O)ccc23)c2cc(O)c(F)cc21. The number of anilines is 1. The summed E-state index contributed by atoms with van der Waals surface area (Å²) < 4.78 is 56.0. The van der Waals surface area contributed by atoms with Crippen LogP contribution in [0.3, 0.4) is 0 Å². The number of H-pyrrole nitrogens is 1. The number of rotatable bonds is 2. The van der Waals surface area contributed by atoms with Gasteiger partial charge in [-0.05, 0) is 53.8 Å². The van der Waals surface area contributed by atoms with Crippen LogP contribution < -0.4 is 10.9 Å². The zero-order valence-corrected chi connectivity index (χ0v) is 15.7. The van der Waals surface area contributed by atoms with Crippen LogP contribution in [-0.4, -0.2) is 27.0 Å². The van der Waals surface area contributed by atoms with E-state index in [-0.39, 0.29) is 22.4 Å². The Morgan fingerprint density at radius 1 is 1.17 bits per heavy atom. The molecule has 5 nitrogen and oxygen atoms in total. The van der Waals surface area contributed by atoms with Gasteiger partial charge in [0.05, 0.1) is 11.6 Å². The second kappa shape index (κ2) is 6.73. The number of aliphatic hydroxyl groups is 1. The van der Waals surface area contributed by atoms with Crippen LogP contribution in [0.25, 0.3) is 10.9 Å². The molecule has 0 saturated carbocycles. The fourth-order valence-electron chi connectivity index (χ4n) is 4.17. The van der Waals surface area contributed by atoms with Crippen LogP contribution in [0.5, 0.6) is 5.75 Å². The quantitative estimate of drug-likeness (QED) is 0.463. The number of hydrogen-bond acceptors (Lipinski definition) is 4. The molecule has 1 aliphatic rings. The van der Waals surface area contributed by atoms with E-state index in [0.29, 0.717) is 10.9 Å². The van der Waals surface area contributed by atoms with Crippen molar-refractivity contribution in [1.82, 2.24) is 4.98 Å². The van der Waals surface area contributed by atoms with Gasteiger partial charge in [0.2, 0.25) is 5.56 Å². The smallest absolute Gasteiger partial charge is 0.419 e. The highest BCUT2D eigenvalue weighted by Gasteiger charge is 2.62. The van der Waals surface area contributed by atoms with Crippen molar-refractivity contribution in [2.75, 3.05) is 5.32 Å². The van der Waals surface area contributed by atoms with Crippen molar-refractivity contribution in [3.8, 4) is 5.75 Å². The van der Waals surface area contributed by atoms with E-state index < -0.39 is 41.7 Å². The summed E-state index contributed by atoms with van der Waals surface area (Å²) in [5, 5.41) is 23.8. The van der Waals surface area contributed by atoms with Crippen molar-refractivity contribution in [1.29, 1.82) is 0 Å². The topological polar surface area (TPSA) is 85.4 Å². The largest absolute Gasteiger partial charge is 0.505 e. The van der Waals surface area contributed by atoms with Crippen molar-refractivity contribution < 1.29 is 27.8 Å². The molecule has 3 aromatic rings. The molecule has 3 atom stereocenters. The van der Waals surface area contributed by atoms with Crippen molar-refractivity contribution >= 4 is 16.6 Å². The molecule has 0 amide bonds. The van der Waals surface area contributed by atoms with E-state index in [9.17, 15) is 32.6 Å². The summed E-state index contributed by atoms with van der Waals surface area (Å²) in [6.45, 7) is 1.46. The number of phenols is 1. The summed E-state index contributed by atoms with van der Waals surface area (Å²) >= 11 is 0. The Hall–Kier alpha value is -3.07. The molecule has 0 bridgehead atoms. The normalized spacial score (nSPS) is 23.9. The van der Waals surface area contributed by atoms with Gasteiger partial charge in [-0.25, -0.2) is 4.39 Å². The number of benzene rings is 2. The number of aromatic nitrogens is 1. The molecule has 4 N–H and O–H groups in total. The second-order valence-corrected chi connectivity index (χ2v) is 7.63. The lowest BCUT2D eigenvalue weighted by atomic mass is 9.70. The Balaban J connectivity index is 1.92. The lowest BCUT2D eigenvalue weighted by Gasteiger charge is -2.45. The Morgan fingerprint density at radius 3 is 2.60 bits per heavy atom. The van der Waals surface area contributed by atoms with E-state index in [1.165, 1.54) is 25.1 Å². The molecule has 0 radical (unpaired) electrons. The summed E-state index contributed by atoms with van der Waals surface area (Å²) in [6.07, 6.45) is -5.69. The van der Waals surface area contributed by atoms with Gasteiger partial charge in [0.25, 0.3) is 0 Å². The molecule has 0 spiro atoms. The number of aromatic amines is 1. The Bertz CT molecular complexity index is 1190.